The molecule has 4 rings (SSSR count). The van der Waals surface area contributed by atoms with Gasteiger partial charge in [0, 0.05) is 16.1 Å². The number of halogens is 1. The van der Waals surface area contributed by atoms with Gasteiger partial charge in [0.25, 0.3) is 0 Å². The van der Waals surface area contributed by atoms with Crippen molar-refractivity contribution in [2.75, 3.05) is 4.90 Å². The summed E-state index contributed by atoms with van der Waals surface area (Å²) in [6.07, 6.45) is 0.163. The van der Waals surface area contributed by atoms with Crippen molar-refractivity contribution in [3.63, 3.8) is 0 Å². The van der Waals surface area contributed by atoms with Gasteiger partial charge >= 0.3 is 5.97 Å². The molecule has 2 aromatic carbocycles. The fourth-order valence-electron chi connectivity index (χ4n) is 4.99. The molecule has 2 aromatic rings. The SMILES string of the molecule is CC(C)C[C@]1(C(=O)O)N[C@H](c2cc(Br)ccc2O)[C@@H]2C(=O)N(c3ccccc3)C(=O)[C@@H]21. The van der Waals surface area contributed by atoms with Crippen LogP contribution < -0.4 is 10.2 Å². The van der Waals surface area contributed by atoms with E-state index in [1.807, 2.05) is 13.8 Å². The highest BCUT2D eigenvalue weighted by Crippen LogP contribution is 2.53. The van der Waals surface area contributed by atoms with Gasteiger partial charge in [-0.2, -0.15) is 0 Å². The Morgan fingerprint density at radius 2 is 1.84 bits per heavy atom. The molecular weight excluding hydrogens is 464 g/mol. The summed E-state index contributed by atoms with van der Waals surface area (Å²) < 4.78 is 0.673. The zero-order valence-electron chi connectivity index (χ0n) is 17.1. The number of aromatic hydroxyl groups is 1. The van der Waals surface area contributed by atoms with Crippen LogP contribution in [-0.2, 0) is 14.4 Å². The van der Waals surface area contributed by atoms with Crippen molar-refractivity contribution in [3.05, 3.63) is 58.6 Å². The van der Waals surface area contributed by atoms with Crippen LogP contribution in [0, 0.1) is 17.8 Å². The molecule has 2 aliphatic rings. The largest absolute Gasteiger partial charge is 0.508 e. The van der Waals surface area contributed by atoms with Gasteiger partial charge in [-0.3, -0.25) is 19.7 Å². The van der Waals surface area contributed by atoms with E-state index in [4.69, 9.17) is 0 Å². The molecule has 0 bridgehead atoms. The van der Waals surface area contributed by atoms with E-state index in [1.165, 1.54) is 6.07 Å². The minimum absolute atomic E-state index is 0.0483. The number of carboxylic acids is 1. The van der Waals surface area contributed by atoms with Gasteiger partial charge in [0.05, 0.1) is 17.5 Å². The third kappa shape index (κ3) is 3.34. The van der Waals surface area contributed by atoms with Crippen LogP contribution in [0.5, 0.6) is 5.75 Å². The van der Waals surface area contributed by atoms with E-state index < -0.39 is 41.2 Å². The monoisotopic (exact) mass is 486 g/mol. The second kappa shape index (κ2) is 7.76. The first kappa shape index (κ1) is 21.5. The van der Waals surface area contributed by atoms with Crippen LogP contribution in [0.2, 0.25) is 0 Å². The molecule has 4 atom stereocenters. The van der Waals surface area contributed by atoms with E-state index >= 15 is 0 Å². The van der Waals surface area contributed by atoms with Gasteiger partial charge in [0.15, 0.2) is 0 Å². The number of carbonyl (C=O) groups excluding carboxylic acids is 2. The Labute approximate surface area is 188 Å². The van der Waals surface area contributed by atoms with E-state index in [2.05, 4.69) is 21.2 Å². The lowest BCUT2D eigenvalue weighted by Gasteiger charge is -2.32. The molecule has 31 heavy (non-hydrogen) atoms. The molecule has 0 aliphatic carbocycles. The van der Waals surface area contributed by atoms with Gasteiger partial charge in [-0.25, -0.2) is 4.90 Å². The lowest BCUT2D eigenvalue weighted by atomic mass is 9.75. The molecule has 8 heteroatoms. The fourth-order valence-corrected chi connectivity index (χ4v) is 5.37. The van der Waals surface area contributed by atoms with Crippen LogP contribution in [0.4, 0.5) is 5.69 Å². The van der Waals surface area contributed by atoms with Crippen molar-refractivity contribution < 1.29 is 24.6 Å². The normalized spacial score (nSPS) is 27.7. The maximum Gasteiger partial charge on any atom is 0.324 e. The van der Waals surface area contributed by atoms with Gasteiger partial charge < -0.3 is 10.2 Å². The molecule has 7 nitrogen and oxygen atoms in total. The number of amides is 2. The van der Waals surface area contributed by atoms with Gasteiger partial charge in [0.2, 0.25) is 11.8 Å². The quantitative estimate of drug-likeness (QED) is 0.558. The molecule has 0 spiro atoms. The Morgan fingerprint density at radius 3 is 2.45 bits per heavy atom. The zero-order chi connectivity index (χ0) is 22.5. The number of rotatable bonds is 5. The van der Waals surface area contributed by atoms with Crippen molar-refractivity contribution in [2.24, 2.45) is 17.8 Å². The number of nitrogens with zero attached hydrogens (tertiary/aromatic N) is 1. The first-order chi connectivity index (χ1) is 14.7. The molecule has 2 aliphatic heterocycles. The highest BCUT2D eigenvalue weighted by atomic mass is 79.9. The van der Waals surface area contributed by atoms with Crippen LogP contribution in [-0.4, -0.2) is 33.5 Å². The Bertz CT molecular complexity index is 1060. The Morgan fingerprint density at radius 1 is 1.16 bits per heavy atom. The van der Waals surface area contributed by atoms with E-state index in [0.29, 0.717) is 15.7 Å². The van der Waals surface area contributed by atoms with Gasteiger partial charge in [-0.1, -0.05) is 48.0 Å². The molecule has 0 unspecified atom stereocenters. The summed E-state index contributed by atoms with van der Waals surface area (Å²) in [6.45, 7) is 3.75. The van der Waals surface area contributed by atoms with Gasteiger partial charge in [0.1, 0.15) is 11.3 Å². The third-order valence-electron chi connectivity index (χ3n) is 6.11. The summed E-state index contributed by atoms with van der Waals surface area (Å²) >= 11 is 3.37. The molecule has 0 aromatic heterocycles. The first-order valence-corrected chi connectivity index (χ1v) is 10.9. The summed E-state index contributed by atoms with van der Waals surface area (Å²) in [6, 6.07) is 12.5. The number of phenols is 1. The molecule has 162 valence electrons. The second-order valence-electron chi connectivity index (χ2n) is 8.55. The molecule has 2 fully saturated rings. The minimum atomic E-state index is -1.63. The van der Waals surface area contributed by atoms with Crippen molar-refractivity contribution in [1.82, 2.24) is 5.32 Å². The fraction of sp³-hybridized carbons (Fsp3) is 0.348. The lowest BCUT2D eigenvalue weighted by Crippen LogP contribution is -2.56. The predicted molar refractivity (Wildman–Crippen MR) is 117 cm³/mol. The highest BCUT2D eigenvalue weighted by molar-refractivity contribution is 9.10. The van der Waals surface area contributed by atoms with Crippen LogP contribution >= 0.6 is 15.9 Å². The van der Waals surface area contributed by atoms with E-state index in [0.717, 1.165) is 4.90 Å². The smallest absolute Gasteiger partial charge is 0.324 e. The summed E-state index contributed by atoms with van der Waals surface area (Å²) in [5.74, 6) is -4.34. The Hall–Kier alpha value is -2.71. The van der Waals surface area contributed by atoms with E-state index in [1.54, 1.807) is 42.5 Å². The molecule has 0 radical (unpaired) electrons. The summed E-state index contributed by atoms with van der Waals surface area (Å²) in [5.41, 5.74) is -0.839. The molecular formula is C23H23BrN2O5. The van der Waals surface area contributed by atoms with Crippen LogP contribution in [0.3, 0.4) is 0 Å². The average Bonchev–Trinajstić information content (AvgIpc) is 3.18. The number of imide groups is 1. The minimum Gasteiger partial charge on any atom is -0.508 e. The number of hydrogen-bond acceptors (Lipinski definition) is 5. The van der Waals surface area contributed by atoms with Crippen molar-refractivity contribution in [2.45, 2.75) is 31.8 Å². The number of fused-ring (bicyclic) bond motifs is 1. The number of aliphatic carboxylic acids is 1. The first-order valence-electron chi connectivity index (χ1n) is 10.1. The Balaban J connectivity index is 1.90. The van der Waals surface area contributed by atoms with E-state index in [-0.39, 0.29) is 18.1 Å². The average molecular weight is 487 g/mol. The predicted octanol–water partition coefficient (Wildman–Crippen LogP) is 3.47. The summed E-state index contributed by atoms with van der Waals surface area (Å²) in [4.78, 5) is 40.8. The Kier molecular flexibility index (Phi) is 5.39. The maximum absolute atomic E-state index is 13.6. The topological polar surface area (TPSA) is 107 Å². The molecule has 3 N–H and O–H groups in total. The molecule has 2 saturated heterocycles. The number of para-hydroxylation sites is 1. The number of anilines is 1. The standard InChI is InChI=1S/C23H23BrN2O5/c1-12(2)11-23(22(30)31)18-17(19(25-23)15-10-13(24)8-9-16(15)27)20(28)26(21(18)29)14-6-4-3-5-7-14/h3-10,12,17-19,25,27H,11H2,1-2H3,(H,30,31)/t17-,18-,19-,23+/m1/s1. The number of benzene rings is 2. The number of nitrogens with one attached hydrogen (secondary N) is 1. The number of carbonyl (C=O) groups is 3. The van der Waals surface area contributed by atoms with Crippen LogP contribution in [0.15, 0.2) is 53.0 Å². The number of phenolic OH excluding ortho intramolecular Hbond substituents is 1. The lowest BCUT2D eigenvalue weighted by molar-refractivity contribution is -0.149. The number of carboxylic acid groups (broad SMARTS) is 1. The molecule has 2 heterocycles. The summed E-state index contributed by atoms with van der Waals surface area (Å²) in [5, 5.41) is 23.9. The summed E-state index contributed by atoms with van der Waals surface area (Å²) in [7, 11) is 0. The number of hydrogen-bond donors (Lipinski definition) is 3. The third-order valence-corrected chi connectivity index (χ3v) is 6.60. The van der Waals surface area contributed by atoms with Crippen molar-refractivity contribution in [3.8, 4) is 5.75 Å². The zero-order valence-corrected chi connectivity index (χ0v) is 18.7. The molecule has 0 saturated carbocycles. The van der Waals surface area contributed by atoms with Crippen molar-refractivity contribution >= 4 is 39.4 Å². The molecule has 2 amide bonds. The van der Waals surface area contributed by atoms with Crippen LogP contribution in [0.25, 0.3) is 0 Å². The highest BCUT2D eigenvalue weighted by Gasteiger charge is 2.68. The van der Waals surface area contributed by atoms with Gasteiger partial charge in [-0.05, 0) is 42.7 Å². The van der Waals surface area contributed by atoms with Gasteiger partial charge in [-0.15, -0.1) is 0 Å². The van der Waals surface area contributed by atoms with Crippen molar-refractivity contribution in [1.29, 1.82) is 0 Å². The second-order valence-corrected chi connectivity index (χ2v) is 9.47. The van der Waals surface area contributed by atoms with Crippen LogP contribution in [0.1, 0.15) is 31.9 Å². The van der Waals surface area contributed by atoms with E-state index in [9.17, 15) is 24.6 Å². The maximum atomic E-state index is 13.6.